The highest BCUT2D eigenvalue weighted by atomic mass is 32.2. The molecule has 1 aromatic heterocycles. The smallest absolute Gasteiger partial charge is 0.285 e. The minimum Gasteiger partial charge on any atom is -0.368 e. The summed E-state index contributed by atoms with van der Waals surface area (Å²) in [6.07, 6.45) is 4.01. The molecule has 1 rings (SSSR count). The lowest BCUT2D eigenvalue weighted by atomic mass is 10.5. The van der Waals surface area contributed by atoms with Crippen LogP contribution in [0.25, 0.3) is 0 Å². The van der Waals surface area contributed by atoms with E-state index in [2.05, 4.69) is 9.38 Å². The molecule has 0 aromatic carbocycles. The van der Waals surface area contributed by atoms with Gasteiger partial charge >= 0.3 is 0 Å². The molecule has 0 bridgehead atoms. The molecule has 0 fully saturated rings. The summed E-state index contributed by atoms with van der Waals surface area (Å²) in [4.78, 5) is 5.36. The molecule has 0 saturated heterocycles. The third kappa shape index (κ3) is 2.81. The lowest BCUT2D eigenvalue weighted by Crippen LogP contribution is -2.10. The van der Waals surface area contributed by atoms with E-state index in [9.17, 15) is 8.42 Å². The van der Waals surface area contributed by atoms with Crippen molar-refractivity contribution in [3.63, 3.8) is 0 Å². The van der Waals surface area contributed by atoms with E-state index in [-0.39, 0.29) is 4.90 Å². The van der Waals surface area contributed by atoms with E-state index < -0.39 is 10.0 Å². The van der Waals surface area contributed by atoms with Gasteiger partial charge in [0.15, 0.2) is 0 Å². The van der Waals surface area contributed by atoms with Crippen LogP contribution < -0.4 is 0 Å². The second kappa shape index (κ2) is 4.19. The summed E-state index contributed by atoms with van der Waals surface area (Å²) in [5, 5.41) is 0. The first-order chi connectivity index (χ1) is 6.52. The first-order valence-corrected chi connectivity index (χ1v) is 5.33. The summed E-state index contributed by atoms with van der Waals surface area (Å²) in [5.41, 5.74) is 0. The van der Waals surface area contributed by atoms with E-state index >= 15 is 0 Å². The van der Waals surface area contributed by atoms with E-state index in [0.717, 1.165) is 0 Å². The van der Waals surface area contributed by atoms with Gasteiger partial charge < -0.3 is 4.90 Å². The largest absolute Gasteiger partial charge is 0.368 e. The highest BCUT2D eigenvalue weighted by Crippen LogP contribution is 2.08. The third-order valence-corrected chi connectivity index (χ3v) is 2.56. The Labute approximate surface area is 83.2 Å². The average molecular weight is 213 g/mol. The molecular formula is C8H11N3O2S. The molecule has 0 aliphatic carbocycles. The van der Waals surface area contributed by atoms with E-state index in [1.54, 1.807) is 25.1 Å². The van der Waals surface area contributed by atoms with Crippen LogP contribution in [0.5, 0.6) is 0 Å². The Kier molecular flexibility index (Phi) is 3.19. The van der Waals surface area contributed by atoms with Gasteiger partial charge in [-0.1, -0.05) is 0 Å². The molecule has 76 valence electrons. The molecule has 0 aliphatic rings. The summed E-state index contributed by atoms with van der Waals surface area (Å²) in [6, 6.07) is 3.01. The Bertz CT molecular complexity index is 411. The van der Waals surface area contributed by atoms with Gasteiger partial charge in [-0.25, -0.2) is 0 Å². The van der Waals surface area contributed by atoms with Crippen LogP contribution in [0.4, 0.5) is 0 Å². The monoisotopic (exact) mass is 213 g/mol. The van der Waals surface area contributed by atoms with Crippen molar-refractivity contribution in [2.45, 2.75) is 4.90 Å². The van der Waals surface area contributed by atoms with E-state index in [1.807, 2.05) is 0 Å². The summed E-state index contributed by atoms with van der Waals surface area (Å²) < 4.78 is 26.4. The quantitative estimate of drug-likeness (QED) is 0.537. The Hall–Kier alpha value is -1.43. The number of hydrogen-bond donors (Lipinski definition) is 0. The Morgan fingerprint density at radius 1 is 1.50 bits per heavy atom. The molecule has 0 aliphatic heterocycles. The number of rotatable bonds is 3. The number of hydrogen-bond acceptors (Lipinski definition) is 3. The fourth-order valence-electron chi connectivity index (χ4n) is 0.717. The molecule has 0 saturated carbocycles. The van der Waals surface area contributed by atoms with Gasteiger partial charge in [-0.2, -0.15) is 8.42 Å². The second-order valence-electron chi connectivity index (χ2n) is 2.85. The molecule has 5 nitrogen and oxygen atoms in total. The molecule has 0 N–H and O–H groups in total. The Morgan fingerprint density at radius 3 is 2.71 bits per heavy atom. The summed E-state index contributed by atoms with van der Waals surface area (Å²) in [7, 11) is -0.197. The maximum absolute atomic E-state index is 11.5. The van der Waals surface area contributed by atoms with Gasteiger partial charge in [0.05, 0.1) is 0 Å². The van der Waals surface area contributed by atoms with Crippen LogP contribution in [0, 0.1) is 0 Å². The number of pyridine rings is 1. The predicted molar refractivity (Wildman–Crippen MR) is 53.6 cm³/mol. The molecule has 1 aromatic rings. The average Bonchev–Trinajstić information content (AvgIpc) is 2.16. The SMILES string of the molecule is CN(C)/C=N/S(=O)(=O)c1cccnc1. The van der Waals surface area contributed by atoms with Crippen LogP contribution in [0.15, 0.2) is 33.8 Å². The molecule has 0 atom stereocenters. The van der Waals surface area contributed by atoms with Crippen molar-refractivity contribution < 1.29 is 8.42 Å². The number of sulfonamides is 1. The first-order valence-electron chi connectivity index (χ1n) is 3.89. The van der Waals surface area contributed by atoms with Gasteiger partial charge in [-0.05, 0) is 12.1 Å². The number of aromatic nitrogens is 1. The van der Waals surface area contributed by atoms with Gasteiger partial charge in [0.1, 0.15) is 11.2 Å². The second-order valence-corrected chi connectivity index (χ2v) is 4.48. The maximum Gasteiger partial charge on any atom is 0.285 e. The minimum atomic E-state index is -3.59. The van der Waals surface area contributed by atoms with E-state index in [1.165, 1.54) is 24.8 Å². The highest BCUT2D eigenvalue weighted by molar-refractivity contribution is 7.90. The van der Waals surface area contributed by atoms with Crippen LogP contribution in [-0.4, -0.2) is 38.7 Å². The zero-order valence-electron chi connectivity index (χ0n) is 7.95. The maximum atomic E-state index is 11.5. The molecule has 0 spiro atoms. The van der Waals surface area contributed by atoms with Crippen molar-refractivity contribution in [1.82, 2.24) is 9.88 Å². The third-order valence-electron chi connectivity index (χ3n) is 1.35. The van der Waals surface area contributed by atoms with Crippen molar-refractivity contribution in [1.29, 1.82) is 0 Å². The first kappa shape index (κ1) is 10.6. The normalized spacial score (nSPS) is 11.9. The van der Waals surface area contributed by atoms with Gasteiger partial charge in [0, 0.05) is 26.5 Å². The van der Waals surface area contributed by atoms with Crippen LogP contribution in [0.2, 0.25) is 0 Å². The van der Waals surface area contributed by atoms with Crippen molar-refractivity contribution in [2.75, 3.05) is 14.1 Å². The molecule has 6 heteroatoms. The Balaban J connectivity index is 2.99. The van der Waals surface area contributed by atoms with E-state index in [0.29, 0.717) is 0 Å². The molecular weight excluding hydrogens is 202 g/mol. The van der Waals surface area contributed by atoms with Gasteiger partial charge in [-0.15, -0.1) is 4.40 Å². The topological polar surface area (TPSA) is 62.6 Å². The van der Waals surface area contributed by atoms with Crippen LogP contribution >= 0.6 is 0 Å². The fraction of sp³-hybridized carbons (Fsp3) is 0.250. The van der Waals surface area contributed by atoms with E-state index in [4.69, 9.17) is 0 Å². The van der Waals surface area contributed by atoms with Crippen molar-refractivity contribution >= 4 is 16.4 Å². The fourth-order valence-corrected chi connectivity index (χ4v) is 1.60. The van der Waals surface area contributed by atoms with Crippen LogP contribution in [0.1, 0.15) is 0 Å². The van der Waals surface area contributed by atoms with Gasteiger partial charge in [0.2, 0.25) is 0 Å². The predicted octanol–water partition coefficient (Wildman–Crippen LogP) is 0.360. The number of nitrogens with zero attached hydrogens (tertiary/aromatic N) is 3. The summed E-state index contributed by atoms with van der Waals surface area (Å²) in [5.74, 6) is 0. The lowest BCUT2D eigenvalue weighted by molar-refractivity contribution is 0.594. The van der Waals surface area contributed by atoms with Gasteiger partial charge in [-0.3, -0.25) is 4.98 Å². The van der Waals surface area contributed by atoms with Gasteiger partial charge in [0.25, 0.3) is 10.0 Å². The zero-order chi connectivity index (χ0) is 10.6. The molecule has 1 heterocycles. The molecule has 0 radical (unpaired) electrons. The van der Waals surface area contributed by atoms with Crippen LogP contribution in [0.3, 0.4) is 0 Å². The van der Waals surface area contributed by atoms with Crippen molar-refractivity contribution in [3.8, 4) is 0 Å². The van der Waals surface area contributed by atoms with Crippen molar-refractivity contribution in [2.24, 2.45) is 4.40 Å². The van der Waals surface area contributed by atoms with Crippen LogP contribution in [-0.2, 0) is 10.0 Å². The molecule has 14 heavy (non-hydrogen) atoms. The summed E-state index contributed by atoms with van der Waals surface area (Å²) in [6.45, 7) is 0. The minimum absolute atomic E-state index is 0.0955. The zero-order valence-corrected chi connectivity index (χ0v) is 8.77. The lowest BCUT2D eigenvalue weighted by Gasteiger charge is -2.02. The Morgan fingerprint density at radius 2 is 2.21 bits per heavy atom. The highest BCUT2D eigenvalue weighted by Gasteiger charge is 2.10. The molecule has 0 amide bonds. The molecule has 0 unspecified atom stereocenters. The van der Waals surface area contributed by atoms with Crippen molar-refractivity contribution in [3.05, 3.63) is 24.5 Å². The summed E-state index contributed by atoms with van der Waals surface area (Å²) >= 11 is 0. The standard InChI is InChI=1S/C8H11N3O2S/c1-11(2)7-10-14(12,13)8-4-3-5-9-6-8/h3-7H,1-2H3/b10-7+.